The summed E-state index contributed by atoms with van der Waals surface area (Å²) in [5.74, 6) is 2.64. The van der Waals surface area contributed by atoms with Gasteiger partial charge >= 0.3 is 0 Å². The molecule has 1 aliphatic carbocycles. The van der Waals surface area contributed by atoms with E-state index < -0.39 is 0 Å². The number of nitrogens with two attached hydrogens (primary N) is 1. The topological polar surface area (TPSA) is 35.2 Å². The molecule has 0 aromatic rings. The molecule has 0 aliphatic heterocycles. The van der Waals surface area contributed by atoms with E-state index in [2.05, 4.69) is 13.8 Å². The Kier molecular flexibility index (Phi) is 5.28. The molecule has 1 rings (SSSR count). The SMILES string of the molecule is COCCSC1C(C)CC(C)CC1N. The van der Waals surface area contributed by atoms with Gasteiger partial charge in [0.05, 0.1) is 6.61 Å². The van der Waals surface area contributed by atoms with Crippen molar-refractivity contribution in [2.24, 2.45) is 17.6 Å². The average molecular weight is 217 g/mol. The van der Waals surface area contributed by atoms with E-state index in [9.17, 15) is 0 Å². The fourth-order valence-corrected chi connectivity index (χ4v) is 3.77. The van der Waals surface area contributed by atoms with E-state index in [1.807, 2.05) is 11.8 Å². The molecule has 0 bridgehead atoms. The first-order chi connectivity index (χ1) is 6.65. The van der Waals surface area contributed by atoms with E-state index in [1.165, 1.54) is 12.8 Å². The highest BCUT2D eigenvalue weighted by molar-refractivity contribution is 8.00. The molecule has 0 saturated heterocycles. The van der Waals surface area contributed by atoms with Gasteiger partial charge in [0, 0.05) is 24.2 Å². The molecule has 4 unspecified atom stereocenters. The molecular formula is C11H23NOS. The summed E-state index contributed by atoms with van der Waals surface area (Å²) in [6.07, 6.45) is 2.52. The lowest BCUT2D eigenvalue weighted by atomic mass is 9.80. The monoisotopic (exact) mass is 217 g/mol. The van der Waals surface area contributed by atoms with Crippen LogP contribution in [0, 0.1) is 11.8 Å². The third-order valence-corrected chi connectivity index (χ3v) is 4.63. The van der Waals surface area contributed by atoms with E-state index in [-0.39, 0.29) is 0 Å². The molecule has 3 heteroatoms. The van der Waals surface area contributed by atoms with Crippen molar-refractivity contribution in [2.75, 3.05) is 19.5 Å². The number of hydrogen-bond donors (Lipinski definition) is 1. The molecule has 0 heterocycles. The molecule has 84 valence electrons. The summed E-state index contributed by atoms with van der Waals surface area (Å²) >= 11 is 1.99. The number of thioether (sulfide) groups is 1. The van der Waals surface area contributed by atoms with Crippen molar-refractivity contribution in [1.29, 1.82) is 0 Å². The van der Waals surface area contributed by atoms with Gasteiger partial charge in [0.15, 0.2) is 0 Å². The van der Waals surface area contributed by atoms with E-state index in [4.69, 9.17) is 10.5 Å². The lowest BCUT2D eigenvalue weighted by Gasteiger charge is -2.37. The quantitative estimate of drug-likeness (QED) is 0.733. The Morgan fingerprint density at radius 3 is 2.64 bits per heavy atom. The maximum Gasteiger partial charge on any atom is 0.0553 e. The van der Waals surface area contributed by atoms with Crippen molar-refractivity contribution in [3.8, 4) is 0 Å². The van der Waals surface area contributed by atoms with Gasteiger partial charge in [0.25, 0.3) is 0 Å². The van der Waals surface area contributed by atoms with Crippen molar-refractivity contribution in [3.63, 3.8) is 0 Å². The van der Waals surface area contributed by atoms with E-state index in [0.717, 1.165) is 24.2 Å². The molecule has 1 aliphatic rings. The molecule has 0 spiro atoms. The first-order valence-corrected chi connectivity index (χ1v) is 6.56. The molecule has 2 nitrogen and oxygen atoms in total. The van der Waals surface area contributed by atoms with E-state index in [0.29, 0.717) is 11.3 Å². The largest absolute Gasteiger partial charge is 0.384 e. The molecular weight excluding hydrogens is 194 g/mol. The summed E-state index contributed by atoms with van der Waals surface area (Å²) in [5, 5.41) is 0.640. The standard InChI is InChI=1S/C11H23NOS/c1-8-6-9(2)11(10(12)7-8)14-5-4-13-3/h8-11H,4-7,12H2,1-3H3. The average Bonchev–Trinajstić information content (AvgIpc) is 2.09. The number of hydrogen-bond acceptors (Lipinski definition) is 3. The highest BCUT2D eigenvalue weighted by atomic mass is 32.2. The van der Waals surface area contributed by atoms with Crippen LogP contribution in [-0.4, -0.2) is 30.8 Å². The zero-order chi connectivity index (χ0) is 10.6. The van der Waals surface area contributed by atoms with Gasteiger partial charge in [-0.15, -0.1) is 0 Å². The summed E-state index contributed by atoms with van der Waals surface area (Å²) in [4.78, 5) is 0. The lowest BCUT2D eigenvalue weighted by Crippen LogP contribution is -2.43. The Balaban J connectivity index is 2.34. The van der Waals surface area contributed by atoms with Crippen LogP contribution >= 0.6 is 11.8 Å². The second-order valence-corrected chi connectivity index (χ2v) is 5.83. The molecule has 0 amide bonds. The summed E-state index contributed by atoms with van der Waals surface area (Å²) in [7, 11) is 1.76. The predicted molar refractivity (Wildman–Crippen MR) is 63.7 cm³/mol. The zero-order valence-corrected chi connectivity index (χ0v) is 10.3. The van der Waals surface area contributed by atoms with Crippen LogP contribution in [0.5, 0.6) is 0 Å². The van der Waals surface area contributed by atoms with E-state index in [1.54, 1.807) is 7.11 Å². The Morgan fingerprint density at radius 2 is 2.07 bits per heavy atom. The van der Waals surface area contributed by atoms with Crippen LogP contribution < -0.4 is 5.73 Å². The second-order valence-electron chi connectivity index (χ2n) is 4.55. The van der Waals surface area contributed by atoms with Crippen molar-refractivity contribution >= 4 is 11.8 Å². The normalized spacial score (nSPS) is 38.6. The van der Waals surface area contributed by atoms with Crippen molar-refractivity contribution < 1.29 is 4.74 Å². The molecule has 14 heavy (non-hydrogen) atoms. The smallest absolute Gasteiger partial charge is 0.0553 e. The number of rotatable bonds is 4. The van der Waals surface area contributed by atoms with Crippen LogP contribution in [-0.2, 0) is 4.74 Å². The third-order valence-electron chi connectivity index (χ3n) is 3.03. The maximum absolute atomic E-state index is 6.18. The van der Waals surface area contributed by atoms with Gasteiger partial charge in [0.2, 0.25) is 0 Å². The van der Waals surface area contributed by atoms with Crippen molar-refractivity contribution in [2.45, 2.75) is 38.0 Å². The summed E-state index contributed by atoms with van der Waals surface area (Å²) in [5.41, 5.74) is 6.18. The molecule has 4 atom stereocenters. The second kappa shape index (κ2) is 5.99. The minimum atomic E-state index is 0.385. The van der Waals surface area contributed by atoms with Gasteiger partial charge in [0.1, 0.15) is 0 Å². The minimum Gasteiger partial charge on any atom is -0.384 e. The van der Waals surface area contributed by atoms with Crippen LogP contribution in [0.15, 0.2) is 0 Å². The fraction of sp³-hybridized carbons (Fsp3) is 1.00. The summed E-state index contributed by atoms with van der Waals surface area (Å²) < 4.78 is 5.06. The fourth-order valence-electron chi connectivity index (χ4n) is 2.44. The zero-order valence-electron chi connectivity index (χ0n) is 9.53. The number of ether oxygens (including phenoxy) is 1. The summed E-state index contributed by atoms with van der Waals surface area (Å²) in [6, 6.07) is 0.385. The maximum atomic E-state index is 6.18. The Morgan fingerprint density at radius 1 is 1.36 bits per heavy atom. The van der Waals surface area contributed by atoms with Gasteiger partial charge in [-0.25, -0.2) is 0 Å². The molecule has 0 aromatic heterocycles. The number of methoxy groups -OCH3 is 1. The van der Waals surface area contributed by atoms with Gasteiger partial charge in [-0.2, -0.15) is 11.8 Å². The minimum absolute atomic E-state index is 0.385. The highest BCUT2D eigenvalue weighted by Gasteiger charge is 2.31. The van der Waals surface area contributed by atoms with Crippen LogP contribution in [0.2, 0.25) is 0 Å². The summed E-state index contributed by atoms with van der Waals surface area (Å²) in [6.45, 7) is 5.49. The van der Waals surface area contributed by atoms with Crippen LogP contribution in [0.1, 0.15) is 26.7 Å². The first kappa shape index (κ1) is 12.3. The van der Waals surface area contributed by atoms with Crippen molar-refractivity contribution in [3.05, 3.63) is 0 Å². The van der Waals surface area contributed by atoms with Crippen LogP contribution in [0.3, 0.4) is 0 Å². The molecule has 1 fully saturated rings. The first-order valence-electron chi connectivity index (χ1n) is 5.51. The van der Waals surface area contributed by atoms with Crippen molar-refractivity contribution in [1.82, 2.24) is 0 Å². The highest BCUT2D eigenvalue weighted by Crippen LogP contribution is 2.35. The van der Waals surface area contributed by atoms with Gasteiger partial charge in [-0.05, 0) is 24.7 Å². The van der Waals surface area contributed by atoms with Crippen LogP contribution in [0.4, 0.5) is 0 Å². The molecule has 2 N–H and O–H groups in total. The van der Waals surface area contributed by atoms with Gasteiger partial charge in [-0.1, -0.05) is 13.8 Å². The third kappa shape index (κ3) is 3.44. The predicted octanol–water partition coefficient (Wildman–Crippen LogP) is 2.13. The van der Waals surface area contributed by atoms with Crippen LogP contribution in [0.25, 0.3) is 0 Å². The molecule has 1 saturated carbocycles. The molecule has 0 radical (unpaired) electrons. The lowest BCUT2D eigenvalue weighted by molar-refractivity contribution is 0.218. The van der Waals surface area contributed by atoms with Gasteiger partial charge < -0.3 is 10.5 Å². The molecule has 0 aromatic carbocycles. The Labute approximate surface area is 92.0 Å². The van der Waals surface area contributed by atoms with Gasteiger partial charge in [-0.3, -0.25) is 0 Å². The Bertz CT molecular complexity index is 153. The Hall–Kier alpha value is 0.270. The van der Waals surface area contributed by atoms with E-state index >= 15 is 0 Å².